The number of aromatic nitrogens is 5. The molecule has 18 heavy (non-hydrogen) atoms. The molecule has 5 nitrogen and oxygen atoms in total. The third-order valence-corrected chi connectivity index (χ3v) is 2.82. The number of hydrogen-bond acceptors (Lipinski definition) is 3. The fraction of sp³-hybridized carbons (Fsp3) is 0.154. The van der Waals surface area contributed by atoms with Gasteiger partial charge in [0.2, 0.25) is 0 Å². The van der Waals surface area contributed by atoms with Crippen molar-refractivity contribution in [2.24, 2.45) is 7.05 Å². The molecule has 0 spiro atoms. The molecule has 5 heteroatoms. The smallest absolute Gasteiger partial charge is 0.184 e. The third kappa shape index (κ3) is 1.69. The summed E-state index contributed by atoms with van der Waals surface area (Å²) in [7, 11) is 1.92. The number of nitrogens with zero attached hydrogens (tertiary/aromatic N) is 4. The number of rotatable bonds is 2. The Kier molecular flexibility index (Phi) is 2.44. The summed E-state index contributed by atoms with van der Waals surface area (Å²) >= 11 is 0. The molecule has 0 saturated heterocycles. The van der Waals surface area contributed by atoms with Crippen molar-refractivity contribution < 1.29 is 0 Å². The first-order valence-electron chi connectivity index (χ1n) is 5.72. The molecular weight excluding hydrogens is 226 g/mol. The Morgan fingerprint density at radius 1 is 1.17 bits per heavy atom. The van der Waals surface area contributed by atoms with Gasteiger partial charge in [0, 0.05) is 12.6 Å². The van der Waals surface area contributed by atoms with Crippen LogP contribution in [-0.4, -0.2) is 25.0 Å². The highest BCUT2D eigenvalue weighted by molar-refractivity contribution is 5.77. The summed E-state index contributed by atoms with van der Waals surface area (Å²) in [5.41, 5.74) is 3.07. The standard InChI is InChI=1S/C13H13N5/c1-9-15-13(17-16-9)11-8-14-18(2)12(11)10-6-4-3-5-7-10/h3-8H,1-2H3,(H,15,16,17). The number of aromatic amines is 1. The summed E-state index contributed by atoms with van der Waals surface area (Å²) in [6.07, 6.45) is 1.80. The molecule has 0 bridgehead atoms. The lowest BCUT2D eigenvalue weighted by atomic mass is 10.1. The van der Waals surface area contributed by atoms with Gasteiger partial charge in [-0.15, -0.1) is 0 Å². The summed E-state index contributed by atoms with van der Waals surface area (Å²) in [6, 6.07) is 10.1. The van der Waals surface area contributed by atoms with Crippen LogP contribution in [0.1, 0.15) is 5.82 Å². The number of aryl methyl sites for hydroxylation is 2. The molecule has 0 unspecified atom stereocenters. The van der Waals surface area contributed by atoms with Crippen LogP contribution < -0.4 is 0 Å². The molecule has 0 aliphatic carbocycles. The first-order chi connectivity index (χ1) is 8.75. The predicted octanol–water partition coefficient (Wildman–Crippen LogP) is 2.18. The highest BCUT2D eigenvalue weighted by Crippen LogP contribution is 2.29. The molecule has 3 aromatic rings. The van der Waals surface area contributed by atoms with Gasteiger partial charge in [0.15, 0.2) is 5.82 Å². The van der Waals surface area contributed by atoms with E-state index in [0.717, 1.165) is 22.6 Å². The SMILES string of the molecule is Cc1nc(-c2cnn(C)c2-c2ccccc2)n[nH]1. The Morgan fingerprint density at radius 3 is 2.61 bits per heavy atom. The van der Waals surface area contributed by atoms with Crippen LogP contribution in [0.5, 0.6) is 0 Å². The Bertz CT molecular complexity index is 666. The molecule has 0 saturated carbocycles. The maximum absolute atomic E-state index is 4.36. The van der Waals surface area contributed by atoms with Crippen molar-refractivity contribution in [1.82, 2.24) is 25.0 Å². The normalized spacial score (nSPS) is 10.8. The van der Waals surface area contributed by atoms with Crippen LogP contribution in [0.15, 0.2) is 36.5 Å². The van der Waals surface area contributed by atoms with E-state index in [0.29, 0.717) is 5.82 Å². The fourth-order valence-corrected chi connectivity index (χ4v) is 2.00. The zero-order valence-electron chi connectivity index (χ0n) is 10.3. The second kappa shape index (κ2) is 4.10. The molecule has 0 radical (unpaired) electrons. The first-order valence-corrected chi connectivity index (χ1v) is 5.72. The van der Waals surface area contributed by atoms with Crippen LogP contribution >= 0.6 is 0 Å². The van der Waals surface area contributed by atoms with E-state index < -0.39 is 0 Å². The van der Waals surface area contributed by atoms with E-state index in [9.17, 15) is 0 Å². The van der Waals surface area contributed by atoms with Crippen molar-refractivity contribution in [2.45, 2.75) is 6.92 Å². The van der Waals surface area contributed by atoms with Gasteiger partial charge in [-0.3, -0.25) is 9.78 Å². The molecule has 0 atom stereocenters. The zero-order valence-corrected chi connectivity index (χ0v) is 10.3. The number of hydrogen-bond donors (Lipinski definition) is 1. The van der Waals surface area contributed by atoms with Gasteiger partial charge < -0.3 is 0 Å². The Hall–Kier alpha value is -2.43. The monoisotopic (exact) mass is 239 g/mol. The molecule has 0 aliphatic heterocycles. The fourth-order valence-electron chi connectivity index (χ4n) is 2.00. The van der Waals surface area contributed by atoms with Gasteiger partial charge in [0.05, 0.1) is 17.5 Å². The second-order valence-electron chi connectivity index (χ2n) is 4.14. The van der Waals surface area contributed by atoms with Crippen molar-refractivity contribution in [3.05, 3.63) is 42.4 Å². The molecule has 0 amide bonds. The maximum atomic E-state index is 4.36. The van der Waals surface area contributed by atoms with Crippen LogP contribution in [0, 0.1) is 6.92 Å². The average Bonchev–Trinajstić information content (AvgIpc) is 2.96. The third-order valence-electron chi connectivity index (χ3n) is 2.82. The molecule has 1 aromatic carbocycles. The lowest BCUT2D eigenvalue weighted by molar-refractivity contribution is 0.776. The molecule has 0 aliphatic rings. The van der Waals surface area contributed by atoms with E-state index in [4.69, 9.17) is 0 Å². The van der Waals surface area contributed by atoms with Crippen molar-refractivity contribution in [3.8, 4) is 22.6 Å². The van der Waals surface area contributed by atoms with E-state index in [-0.39, 0.29) is 0 Å². The zero-order chi connectivity index (χ0) is 12.5. The highest BCUT2D eigenvalue weighted by atomic mass is 15.3. The lowest BCUT2D eigenvalue weighted by Crippen LogP contribution is -1.94. The Morgan fingerprint density at radius 2 is 1.94 bits per heavy atom. The highest BCUT2D eigenvalue weighted by Gasteiger charge is 2.15. The minimum Gasteiger partial charge on any atom is -0.267 e. The summed E-state index contributed by atoms with van der Waals surface area (Å²) in [4.78, 5) is 4.36. The van der Waals surface area contributed by atoms with E-state index in [2.05, 4.69) is 32.4 Å². The van der Waals surface area contributed by atoms with Gasteiger partial charge in [0.25, 0.3) is 0 Å². The van der Waals surface area contributed by atoms with Crippen LogP contribution in [0.4, 0.5) is 0 Å². The van der Waals surface area contributed by atoms with Crippen molar-refractivity contribution in [1.29, 1.82) is 0 Å². The van der Waals surface area contributed by atoms with Crippen molar-refractivity contribution in [3.63, 3.8) is 0 Å². The molecule has 1 N–H and O–H groups in total. The van der Waals surface area contributed by atoms with Crippen molar-refractivity contribution in [2.75, 3.05) is 0 Å². The first kappa shape index (κ1) is 10.7. The van der Waals surface area contributed by atoms with E-state index in [1.165, 1.54) is 0 Å². The molecule has 2 heterocycles. The van der Waals surface area contributed by atoms with Gasteiger partial charge >= 0.3 is 0 Å². The van der Waals surface area contributed by atoms with E-state index in [1.807, 2.05) is 36.9 Å². The number of nitrogens with one attached hydrogen (secondary N) is 1. The van der Waals surface area contributed by atoms with E-state index in [1.54, 1.807) is 6.20 Å². The summed E-state index contributed by atoms with van der Waals surface area (Å²) < 4.78 is 1.84. The second-order valence-corrected chi connectivity index (χ2v) is 4.14. The van der Waals surface area contributed by atoms with Gasteiger partial charge in [-0.05, 0) is 6.92 Å². The van der Waals surface area contributed by atoms with Crippen LogP contribution in [0.2, 0.25) is 0 Å². The van der Waals surface area contributed by atoms with Gasteiger partial charge in [-0.1, -0.05) is 30.3 Å². The minimum atomic E-state index is 0.680. The summed E-state index contributed by atoms with van der Waals surface area (Å²) in [5.74, 6) is 1.48. The van der Waals surface area contributed by atoms with Gasteiger partial charge in [-0.25, -0.2) is 4.98 Å². The van der Waals surface area contributed by atoms with Gasteiger partial charge in [0.1, 0.15) is 5.82 Å². The Labute approximate surface area is 104 Å². The average molecular weight is 239 g/mol. The number of benzene rings is 1. The van der Waals surface area contributed by atoms with E-state index >= 15 is 0 Å². The molecule has 0 fully saturated rings. The topological polar surface area (TPSA) is 59.4 Å². The van der Waals surface area contributed by atoms with Crippen molar-refractivity contribution >= 4 is 0 Å². The predicted molar refractivity (Wildman–Crippen MR) is 68.8 cm³/mol. The molecule has 2 aromatic heterocycles. The lowest BCUT2D eigenvalue weighted by Gasteiger charge is -2.03. The Balaban J connectivity index is 2.18. The van der Waals surface area contributed by atoms with Crippen LogP contribution in [0.3, 0.4) is 0 Å². The molecule has 3 rings (SSSR count). The molecular formula is C13H13N5. The van der Waals surface area contributed by atoms with Crippen LogP contribution in [0.25, 0.3) is 22.6 Å². The molecule has 90 valence electrons. The van der Waals surface area contributed by atoms with Gasteiger partial charge in [-0.2, -0.15) is 10.2 Å². The largest absolute Gasteiger partial charge is 0.267 e. The number of H-pyrrole nitrogens is 1. The van der Waals surface area contributed by atoms with Crippen LogP contribution in [-0.2, 0) is 7.05 Å². The summed E-state index contributed by atoms with van der Waals surface area (Å²) in [5, 5.41) is 11.4. The maximum Gasteiger partial charge on any atom is 0.184 e. The quantitative estimate of drug-likeness (QED) is 0.745. The summed E-state index contributed by atoms with van der Waals surface area (Å²) in [6.45, 7) is 1.88. The minimum absolute atomic E-state index is 0.680.